The maximum atomic E-state index is 10.8. The molecular formula is C11H23NO4. The molecule has 16 heavy (non-hydrogen) atoms. The Bertz CT molecular complexity index is 187. The Labute approximate surface area is 97.1 Å². The minimum absolute atomic E-state index is 0.0102. The van der Waals surface area contributed by atoms with E-state index in [0.29, 0.717) is 32.8 Å². The molecule has 0 aliphatic rings. The van der Waals surface area contributed by atoms with Crippen molar-refractivity contribution >= 4 is 5.97 Å². The van der Waals surface area contributed by atoms with Crippen molar-refractivity contribution in [2.24, 2.45) is 0 Å². The first-order valence-corrected chi connectivity index (χ1v) is 5.77. The fourth-order valence-electron chi connectivity index (χ4n) is 1.28. The van der Waals surface area contributed by atoms with Gasteiger partial charge < -0.3 is 19.9 Å². The van der Waals surface area contributed by atoms with E-state index in [1.165, 1.54) is 0 Å². The normalized spacial score (nSPS) is 14.7. The van der Waals surface area contributed by atoms with Crippen LogP contribution in [-0.4, -0.2) is 49.6 Å². The first-order chi connectivity index (χ1) is 7.61. The standard InChI is InChI=1S/C11H23NO4/c1-4-12-10(11(13)14)6-7-16-9(3)8-15-5-2/h9-10,12H,4-8H2,1-3H3,(H,13,14). The van der Waals surface area contributed by atoms with Gasteiger partial charge in [-0.15, -0.1) is 0 Å². The van der Waals surface area contributed by atoms with Crippen LogP contribution in [0.2, 0.25) is 0 Å². The molecule has 0 amide bonds. The summed E-state index contributed by atoms with van der Waals surface area (Å²) in [6.45, 7) is 8.02. The van der Waals surface area contributed by atoms with Gasteiger partial charge in [0.05, 0.1) is 12.7 Å². The summed E-state index contributed by atoms with van der Waals surface area (Å²) in [7, 11) is 0. The Hall–Kier alpha value is -0.650. The molecule has 0 bridgehead atoms. The number of ether oxygens (including phenoxy) is 2. The lowest BCUT2D eigenvalue weighted by atomic mass is 10.2. The predicted octanol–water partition coefficient (Wildman–Crippen LogP) is 0.881. The van der Waals surface area contributed by atoms with Gasteiger partial charge in [-0.05, 0) is 26.8 Å². The largest absolute Gasteiger partial charge is 0.480 e. The molecule has 0 aromatic rings. The summed E-state index contributed by atoms with van der Waals surface area (Å²) in [4.78, 5) is 10.8. The highest BCUT2D eigenvalue weighted by Crippen LogP contribution is 1.98. The Balaban J connectivity index is 3.64. The van der Waals surface area contributed by atoms with Crippen molar-refractivity contribution in [1.82, 2.24) is 5.32 Å². The molecule has 2 N–H and O–H groups in total. The smallest absolute Gasteiger partial charge is 0.320 e. The summed E-state index contributed by atoms with van der Waals surface area (Å²) in [5.41, 5.74) is 0. The van der Waals surface area contributed by atoms with E-state index in [-0.39, 0.29) is 6.10 Å². The summed E-state index contributed by atoms with van der Waals surface area (Å²) in [5.74, 6) is -0.831. The third kappa shape index (κ3) is 7.62. The molecular weight excluding hydrogens is 210 g/mol. The average Bonchev–Trinajstić information content (AvgIpc) is 2.25. The number of carboxylic acids is 1. The van der Waals surface area contributed by atoms with Gasteiger partial charge in [0.1, 0.15) is 6.04 Å². The highest BCUT2D eigenvalue weighted by atomic mass is 16.5. The zero-order chi connectivity index (χ0) is 12.4. The van der Waals surface area contributed by atoms with Gasteiger partial charge in [0.2, 0.25) is 0 Å². The van der Waals surface area contributed by atoms with E-state index in [4.69, 9.17) is 14.6 Å². The second-order valence-electron chi connectivity index (χ2n) is 3.58. The fourth-order valence-corrected chi connectivity index (χ4v) is 1.28. The molecule has 0 fully saturated rings. The van der Waals surface area contributed by atoms with E-state index < -0.39 is 12.0 Å². The van der Waals surface area contributed by atoms with Crippen molar-refractivity contribution in [3.63, 3.8) is 0 Å². The van der Waals surface area contributed by atoms with Gasteiger partial charge in [-0.2, -0.15) is 0 Å². The maximum Gasteiger partial charge on any atom is 0.320 e. The molecule has 0 radical (unpaired) electrons. The molecule has 5 heteroatoms. The molecule has 0 aliphatic carbocycles. The van der Waals surface area contributed by atoms with E-state index in [2.05, 4.69) is 5.32 Å². The number of aliphatic carboxylic acids is 1. The van der Waals surface area contributed by atoms with Crippen LogP contribution in [0.4, 0.5) is 0 Å². The van der Waals surface area contributed by atoms with Gasteiger partial charge in [-0.25, -0.2) is 0 Å². The highest BCUT2D eigenvalue weighted by molar-refractivity contribution is 5.73. The summed E-state index contributed by atoms with van der Waals surface area (Å²) >= 11 is 0. The number of rotatable bonds is 10. The molecule has 0 heterocycles. The van der Waals surface area contributed by atoms with Crippen LogP contribution in [0.15, 0.2) is 0 Å². The van der Waals surface area contributed by atoms with Crippen LogP contribution in [0, 0.1) is 0 Å². The molecule has 0 aromatic carbocycles. The second-order valence-corrected chi connectivity index (χ2v) is 3.58. The molecule has 0 spiro atoms. The van der Waals surface area contributed by atoms with Crippen LogP contribution in [0.3, 0.4) is 0 Å². The molecule has 0 aromatic heterocycles. The van der Waals surface area contributed by atoms with E-state index in [1.54, 1.807) is 0 Å². The Morgan fingerprint density at radius 3 is 2.62 bits per heavy atom. The van der Waals surface area contributed by atoms with Crippen LogP contribution >= 0.6 is 0 Å². The van der Waals surface area contributed by atoms with Crippen LogP contribution in [0.1, 0.15) is 27.2 Å². The zero-order valence-electron chi connectivity index (χ0n) is 10.4. The molecule has 2 unspecified atom stereocenters. The van der Waals surface area contributed by atoms with Gasteiger partial charge >= 0.3 is 5.97 Å². The molecule has 0 saturated carbocycles. The molecule has 0 rings (SSSR count). The van der Waals surface area contributed by atoms with Crippen molar-refractivity contribution in [3.8, 4) is 0 Å². The lowest BCUT2D eigenvalue weighted by Gasteiger charge is -2.16. The fraction of sp³-hybridized carbons (Fsp3) is 0.909. The van der Waals surface area contributed by atoms with Crippen LogP contribution in [0.5, 0.6) is 0 Å². The Kier molecular flexibility index (Phi) is 9.18. The van der Waals surface area contributed by atoms with E-state index in [1.807, 2.05) is 20.8 Å². The number of hydrogen-bond acceptors (Lipinski definition) is 4. The van der Waals surface area contributed by atoms with E-state index in [9.17, 15) is 4.79 Å². The SMILES string of the molecule is CCNC(CCOC(C)COCC)C(=O)O. The van der Waals surface area contributed by atoms with Gasteiger partial charge in [0, 0.05) is 13.2 Å². The molecule has 0 aliphatic heterocycles. The van der Waals surface area contributed by atoms with E-state index >= 15 is 0 Å². The van der Waals surface area contributed by atoms with Gasteiger partial charge in [0.15, 0.2) is 0 Å². The lowest BCUT2D eigenvalue weighted by molar-refractivity contribution is -0.140. The quantitative estimate of drug-likeness (QED) is 0.586. The van der Waals surface area contributed by atoms with Crippen molar-refractivity contribution in [2.75, 3.05) is 26.4 Å². The predicted molar refractivity (Wildman–Crippen MR) is 61.6 cm³/mol. The van der Waals surface area contributed by atoms with Crippen molar-refractivity contribution < 1.29 is 19.4 Å². The van der Waals surface area contributed by atoms with Crippen molar-refractivity contribution in [2.45, 2.75) is 39.3 Å². The lowest BCUT2D eigenvalue weighted by Crippen LogP contribution is -2.37. The Morgan fingerprint density at radius 1 is 1.44 bits per heavy atom. The van der Waals surface area contributed by atoms with Crippen molar-refractivity contribution in [3.05, 3.63) is 0 Å². The topological polar surface area (TPSA) is 67.8 Å². The van der Waals surface area contributed by atoms with Gasteiger partial charge in [0.25, 0.3) is 0 Å². The number of hydrogen-bond donors (Lipinski definition) is 2. The molecule has 96 valence electrons. The number of nitrogens with one attached hydrogen (secondary N) is 1. The molecule has 2 atom stereocenters. The van der Waals surface area contributed by atoms with E-state index in [0.717, 1.165) is 0 Å². The zero-order valence-corrected chi connectivity index (χ0v) is 10.4. The van der Waals surface area contributed by atoms with Crippen LogP contribution < -0.4 is 5.32 Å². The third-order valence-corrected chi connectivity index (χ3v) is 2.11. The summed E-state index contributed by atoms with van der Waals surface area (Å²) in [5, 5.41) is 11.8. The number of carbonyl (C=O) groups is 1. The average molecular weight is 233 g/mol. The first kappa shape index (κ1) is 15.3. The first-order valence-electron chi connectivity index (χ1n) is 5.77. The van der Waals surface area contributed by atoms with Crippen molar-refractivity contribution in [1.29, 1.82) is 0 Å². The van der Waals surface area contributed by atoms with Gasteiger partial charge in [-0.3, -0.25) is 4.79 Å². The van der Waals surface area contributed by atoms with Crippen LogP contribution in [0.25, 0.3) is 0 Å². The molecule has 0 saturated heterocycles. The monoisotopic (exact) mass is 233 g/mol. The minimum Gasteiger partial charge on any atom is -0.480 e. The summed E-state index contributed by atoms with van der Waals surface area (Å²) in [6, 6.07) is -0.524. The minimum atomic E-state index is -0.831. The number of carboxylic acid groups (broad SMARTS) is 1. The Morgan fingerprint density at radius 2 is 2.12 bits per heavy atom. The second kappa shape index (κ2) is 9.57. The number of likely N-dealkylation sites (N-methyl/N-ethyl adjacent to an activating group) is 1. The highest BCUT2D eigenvalue weighted by Gasteiger charge is 2.15. The third-order valence-electron chi connectivity index (χ3n) is 2.11. The van der Waals surface area contributed by atoms with Crippen LogP contribution in [-0.2, 0) is 14.3 Å². The summed E-state index contributed by atoms with van der Waals surface area (Å²) < 4.78 is 10.6. The maximum absolute atomic E-state index is 10.8. The van der Waals surface area contributed by atoms with Gasteiger partial charge in [-0.1, -0.05) is 6.92 Å². The molecule has 5 nitrogen and oxygen atoms in total. The summed E-state index contributed by atoms with van der Waals surface area (Å²) in [6.07, 6.45) is 0.482.